The van der Waals surface area contributed by atoms with Crippen molar-refractivity contribution in [2.24, 2.45) is 0 Å². The molecule has 0 radical (unpaired) electrons. The topological polar surface area (TPSA) is 79.2 Å². The lowest BCUT2D eigenvalue weighted by Gasteiger charge is -2.17. The predicted molar refractivity (Wildman–Crippen MR) is 110 cm³/mol. The van der Waals surface area contributed by atoms with Gasteiger partial charge in [-0.1, -0.05) is 17.7 Å². The minimum atomic E-state index is -0.0740. The number of carbonyl (C=O) groups excluding carboxylic acids is 2. The Morgan fingerprint density at radius 1 is 1.04 bits per heavy atom. The summed E-state index contributed by atoms with van der Waals surface area (Å²) in [5.41, 5.74) is 4.39. The van der Waals surface area contributed by atoms with E-state index >= 15 is 0 Å². The number of benzene rings is 1. The quantitative estimate of drug-likeness (QED) is 0.454. The van der Waals surface area contributed by atoms with Gasteiger partial charge in [0.1, 0.15) is 0 Å². The van der Waals surface area contributed by atoms with E-state index in [1.54, 1.807) is 0 Å². The van der Waals surface area contributed by atoms with Gasteiger partial charge >= 0.3 is 0 Å². The van der Waals surface area contributed by atoms with E-state index in [9.17, 15) is 9.59 Å². The van der Waals surface area contributed by atoms with Crippen molar-refractivity contribution in [2.75, 3.05) is 38.5 Å². The second kappa shape index (κ2) is 10.4. The Hall–Kier alpha value is -1.92. The van der Waals surface area contributed by atoms with Crippen LogP contribution >= 0.6 is 0 Å². The summed E-state index contributed by atoms with van der Waals surface area (Å²) < 4.78 is 0. The first-order valence-electron chi connectivity index (χ1n) is 9.78. The summed E-state index contributed by atoms with van der Waals surface area (Å²) in [6.07, 6.45) is 0.939. The smallest absolute Gasteiger partial charge is 0.279 e. The van der Waals surface area contributed by atoms with Gasteiger partial charge in [-0.25, -0.2) is 0 Å². The van der Waals surface area contributed by atoms with E-state index in [1.807, 2.05) is 27.8 Å². The average molecular weight is 379 g/mol. The third-order valence-corrected chi connectivity index (χ3v) is 4.33. The lowest BCUT2D eigenvalue weighted by Crippen LogP contribution is -3.11. The maximum atomic E-state index is 12.3. The van der Waals surface area contributed by atoms with Gasteiger partial charge in [0.05, 0.1) is 19.1 Å². The van der Waals surface area contributed by atoms with E-state index in [-0.39, 0.29) is 23.9 Å². The Kier molecular flexibility index (Phi) is 8.93. The second-order valence-corrected chi connectivity index (χ2v) is 8.69. The molecule has 5 N–H and O–H groups in total. The number of hydrogen-bond acceptors (Lipinski definition) is 2. The Morgan fingerprint density at radius 3 is 2.15 bits per heavy atom. The fourth-order valence-electron chi connectivity index (χ4n) is 3.10. The van der Waals surface area contributed by atoms with Crippen LogP contribution in [0.15, 0.2) is 12.1 Å². The van der Waals surface area contributed by atoms with Crippen LogP contribution < -0.4 is 20.9 Å². The molecule has 2 amide bonds. The van der Waals surface area contributed by atoms with Crippen molar-refractivity contribution in [3.63, 3.8) is 0 Å². The van der Waals surface area contributed by atoms with Crippen molar-refractivity contribution in [3.8, 4) is 0 Å². The first kappa shape index (κ1) is 23.1. The number of hydrogen-bond donors (Lipinski definition) is 4. The Morgan fingerprint density at radius 2 is 1.59 bits per heavy atom. The maximum Gasteiger partial charge on any atom is 0.279 e. The normalized spacial score (nSPS) is 12.6. The van der Waals surface area contributed by atoms with Gasteiger partial charge in [-0.05, 0) is 52.7 Å². The summed E-state index contributed by atoms with van der Waals surface area (Å²) in [5, 5.41) is 8.20. The highest BCUT2D eigenvalue weighted by atomic mass is 16.2. The van der Waals surface area contributed by atoms with E-state index in [2.05, 4.69) is 48.9 Å². The first-order chi connectivity index (χ1) is 12.5. The summed E-state index contributed by atoms with van der Waals surface area (Å²) in [5.74, 6) is -0.0890. The highest BCUT2D eigenvalue weighted by molar-refractivity contribution is 5.93. The van der Waals surface area contributed by atoms with Gasteiger partial charge in [-0.3, -0.25) is 9.59 Å². The highest BCUT2D eigenvalue weighted by Gasteiger charge is 2.16. The molecule has 0 aromatic heterocycles. The van der Waals surface area contributed by atoms with Crippen LogP contribution in [-0.4, -0.2) is 50.6 Å². The molecule has 1 unspecified atom stereocenters. The summed E-state index contributed by atoms with van der Waals surface area (Å²) in [6, 6.07) is 4.12. The lowest BCUT2D eigenvalue weighted by molar-refractivity contribution is -0.862. The summed E-state index contributed by atoms with van der Waals surface area (Å²) in [7, 11) is 1.86. The maximum absolute atomic E-state index is 12.3. The standard InChI is InChI=1S/C21H36N4O2/c1-15-11-16(2)20(17(3)12-15)24-19(27)14-25(7)13-18(26)22-9-8-10-23-21(4,5)6/h11-12,23H,8-10,13-14H2,1-7H3,(H,22,26)(H,24,27)/p+2. The molecule has 0 aliphatic carbocycles. The number of anilines is 1. The Bertz CT molecular complexity index is 627. The largest absolute Gasteiger partial charge is 0.351 e. The van der Waals surface area contributed by atoms with Crippen molar-refractivity contribution >= 4 is 17.5 Å². The second-order valence-electron chi connectivity index (χ2n) is 8.69. The van der Waals surface area contributed by atoms with Crippen molar-refractivity contribution in [1.29, 1.82) is 0 Å². The third-order valence-electron chi connectivity index (χ3n) is 4.33. The van der Waals surface area contributed by atoms with E-state index < -0.39 is 0 Å². The molecule has 0 spiro atoms. The molecule has 0 saturated heterocycles. The molecule has 0 heterocycles. The van der Waals surface area contributed by atoms with Gasteiger partial charge in [0, 0.05) is 18.7 Å². The lowest BCUT2D eigenvalue weighted by atomic mass is 10.1. The molecule has 1 atom stereocenters. The molecule has 1 aromatic carbocycles. The number of aryl methyl sites for hydroxylation is 3. The first-order valence-corrected chi connectivity index (χ1v) is 9.78. The van der Waals surface area contributed by atoms with Gasteiger partial charge in [0.25, 0.3) is 11.8 Å². The Labute approximate surface area is 164 Å². The van der Waals surface area contributed by atoms with Crippen LogP contribution in [0, 0.1) is 20.8 Å². The van der Waals surface area contributed by atoms with Gasteiger partial charge in [0.15, 0.2) is 13.1 Å². The van der Waals surface area contributed by atoms with Crippen LogP contribution in [0.2, 0.25) is 0 Å². The number of amides is 2. The number of nitrogens with two attached hydrogens (primary N) is 1. The minimum Gasteiger partial charge on any atom is -0.351 e. The zero-order valence-electron chi connectivity index (χ0n) is 18.1. The van der Waals surface area contributed by atoms with E-state index in [0.717, 1.165) is 34.7 Å². The van der Waals surface area contributed by atoms with Gasteiger partial charge in [-0.2, -0.15) is 0 Å². The fourth-order valence-corrected chi connectivity index (χ4v) is 3.10. The SMILES string of the molecule is Cc1cc(C)c(NC(=O)C[NH+](C)CC(=O)NCCC[NH2+]C(C)(C)C)c(C)c1. The molecule has 0 bridgehead atoms. The molecule has 1 rings (SSSR count). The van der Waals surface area contributed by atoms with Gasteiger partial charge in [-0.15, -0.1) is 0 Å². The van der Waals surface area contributed by atoms with Gasteiger partial charge < -0.3 is 20.9 Å². The minimum absolute atomic E-state index is 0.0150. The molecule has 6 nitrogen and oxygen atoms in total. The molecular formula is C21H38N4O2+2. The molecule has 0 aliphatic heterocycles. The van der Waals surface area contributed by atoms with Crippen LogP contribution in [0.3, 0.4) is 0 Å². The van der Waals surface area contributed by atoms with Crippen LogP contribution in [0.5, 0.6) is 0 Å². The molecule has 27 heavy (non-hydrogen) atoms. The average Bonchev–Trinajstić information content (AvgIpc) is 2.49. The molecule has 0 saturated carbocycles. The zero-order chi connectivity index (χ0) is 20.6. The Balaban J connectivity index is 2.34. The van der Waals surface area contributed by atoms with Crippen LogP contribution in [0.25, 0.3) is 0 Å². The summed E-state index contributed by atoms with van der Waals surface area (Å²) in [4.78, 5) is 25.2. The fraction of sp³-hybridized carbons (Fsp3) is 0.619. The van der Waals surface area contributed by atoms with E-state index in [1.165, 1.54) is 5.56 Å². The zero-order valence-corrected chi connectivity index (χ0v) is 18.1. The highest BCUT2D eigenvalue weighted by Crippen LogP contribution is 2.21. The molecule has 0 aliphatic rings. The summed E-state index contributed by atoms with van der Waals surface area (Å²) >= 11 is 0. The number of rotatable bonds is 9. The van der Waals surface area contributed by atoms with Crippen LogP contribution in [-0.2, 0) is 9.59 Å². The van der Waals surface area contributed by atoms with E-state index in [4.69, 9.17) is 0 Å². The van der Waals surface area contributed by atoms with Crippen LogP contribution in [0.4, 0.5) is 5.69 Å². The van der Waals surface area contributed by atoms with Crippen molar-refractivity contribution in [2.45, 2.75) is 53.5 Å². The molecular weight excluding hydrogens is 340 g/mol. The van der Waals surface area contributed by atoms with Crippen molar-refractivity contribution in [3.05, 3.63) is 28.8 Å². The third kappa shape index (κ3) is 9.54. The number of quaternary nitrogens is 2. The monoisotopic (exact) mass is 378 g/mol. The number of likely N-dealkylation sites (N-methyl/N-ethyl adjacent to an activating group) is 1. The number of carbonyl (C=O) groups is 2. The predicted octanol–water partition coefficient (Wildman–Crippen LogP) is -0.0667. The van der Waals surface area contributed by atoms with Crippen molar-refractivity contribution in [1.82, 2.24) is 5.32 Å². The molecule has 152 valence electrons. The van der Waals surface area contributed by atoms with E-state index in [0.29, 0.717) is 13.1 Å². The van der Waals surface area contributed by atoms with Crippen molar-refractivity contribution < 1.29 is 19.8 Å². The summed E-state index contributed by atoms with van der Waals surface area (Å²) in [6.45, 7) is 14.8. The molecule has 0 fully saturated rings. The van der Waals surface area contributed by atoms with Gasteiger partial charge in [0.2, 0.25) is 0 Å². The molecule has 6 heteroatoms. The molecule has 1 aromatic rings. The van der Waals surface area contributed by atoms with Crippen LogP contribution in [0.1, 0.15) is 43.9 Å². The number of nitrogens with one attached hydrogen (secondary N) is 3.